The van der Waals surface area contributed by atoms with Crippen LogP contribution in [-0.4, -0.2) is 86.9 Å². The number of nitrogens with zero attached hydrogens (tertiary/aromatic N) is 1. The highest BCUT2D eigenvalue weighted by molar-refractivity contribution is 7.80. The highest BCUT2D eigenvalue weighted by Gasteiger charge is 2.30. The summed E-state index contributed by atoms with van der Waals surface area (Å²) in [6.07, 6.45) is 4.17. The molecule has 14 heteroatoms. The van der Waals surface area contributed by atoms with Crippen LogP contribution < -0.4 is 27.4 Å². The van der Waals surface area contributed by atoms with E-state index in [4.69, 9.17) is 21.7 Å². The zero-order valence-corrected chi connectivity index (χ0v) is 18.4. The second-order valence-corrected chi connectivity index (χ2v) is 7.42. The van der Waals surface area contributed by atoms with Gasteiger partial charge < -0.3 is 42.6 Å². The van der Waals surface area contributed by atoms with Gasteiger partial charge in [0, 0.05) is 24.1 Å². The number of H-pyrrole nitrogens is 1. The monoisotopic (exact) mass is 473 g/mol. The maximum Gasteiger partial charge on any atom is 0.328 e. The molecule has 0 bridgehead atoms. The molecule has 0 aliphatic heterocycles. The number of carboxylic acid groups (broad SMARTS) is 1. The summed E-state index contributed by atoms with van der Waals surface area (Å²) in [6, 6.07) is -4.67. The Bertz CT molecular complexity index is 748. The Balaban J connectivity index is 2.98. The van der Waals surface area contributed by atoms with Crippen molar-refractivity contribution in [2.45, 2.75) is 49.9 Å². The molecule has 0 radical (unpaired) electrons. The van der Waals surface area contributed by atoms with Crippen molar-refractivity contribution in [2.24, 2.45) is 11.5 Å². The Morgan fingerprint density at radius 1 is 1.06 bits per heavy atom. The number of carbonyl (C=O) groups is 4. The summed E-state index contributed by atoms with van der Waals surface area (Å²) in [5, 5.41) is 25.5. The molecule has 1 rings (SSSR count). The second-order valence-electron chi connectivity index (χ2n) is 7.06. The molecule has 0 spiro atoms. The molecule has 0 aromatic carbocycles. The molecule has 32 heavy (non-hydrogen) atoms. The summed E-state index contributed by atoms with van der Waals surface area (Å²) >= 11 is 3.97. The molecule has 4 unspecified atom stereocenters. The van der Waals surface area contributed by atoms with E-state index >= 15 is 0 Å². The predicted octanol–water partition coefficient (Wildman–Crippen LogP) is -3.13. The number of nitrogens with two attached hydrogens (primary N) is 2. The average Bonchev–Trinajstić information content (AvgIpc) is 3.28. The van der Waals surface area contributed by atoms with E-state index in [2.05, 4.69) is 38.5 Å². The molecule has 1 heterocycles. The summed E-state index contributed by atoms with van der Waals surface area (Å²) in [4.78, 5) is 55.6. The quantitative estimate of drug-likeness (QED) is 0.0925. The lowest BCUT2D eigenvalue weighted by Crippen LogP contribution is -2.58. The van der Waals surface area contributed by atoms with Crippen LogP contribution in [0.1, 0.15) is 25.0 Å². The number of unbranched alkanes of at least 4 members (excludes halogenated alkanes) is 1. The number of aromatic amines is 1. The zero-order valence-electron chi connectivity index (χ0n) is 17.5. The minimum atomic E-state index is -1.52. The summed E-state index contributed by atoms with van der Waals surface area (Å²) < 4.78 is 0. The van der Waals surface area contributed by atoms with Gasteiger partial charge in [-0.25, -0.2) is 9.78 Å². The van der Waals surface area contributed by atoms with Crippen LogP contribution in [-0.2, 0) is 25.6 Å². The zero-order chi connectivity index (χ0) is 24.1. The number of carboxylic acids is 1. The van der Waals surface area contributed by atoms with Crippen LogP contribution in [0.4, 0.5) is 0 Å². The van der Waals surface area contributed by atoms with Crippen LogP contribution in [0.25, 0.3) is 0 Å². The van der Waals surface area contributed by atoms with E-state index < -0.39 is 54.5 Å². The largest absolute Gasteiger partial charge is 0.480 e. The second kappa shape index (κ2) is 14.4. The third-order valence-electron chi connectivity index (χ3n) is 4.52. The van der Waals surface area contributed by atoms with Crippen molar-refractivity contribution < 1.29 is 29.4 Å². The minimum absolute atomic E-state index is 0.0440. The Kier molecular flexibility index (Phi) is 12.3. The van der Waals surface area contributed by atoms with Crippen LogP contribution in [0.3, 0.4) is 0 Å². The van der Waals surface area contributed by atoms with E-state index in [1.54, 1.807) is 0 Å². The van der Waals surface area contributed by atoms with Crippen molar-refractivity contribution >= 4 is 36.3 Å². The molecule has 0 fully saturated rings. The number of aliphatic carboxylic acids is 1. The summed E-state index contributed by atoms with van der Waals surface area (Å²) in [6.45, 7) is -0.443. The van der Waals surface area contributed by atoms with E-state index in [1.807, 2.05) is 0 Å². The maximum atomic E-state index is 13.0. The number of nitrogens with one attached hydrogen (secondary N) is 4. The molecule has 0 aliphatic carbocycles. The number of amides is 3. The van der Waals surface area contributed by atoms with Gasteiger partial charge in [0.2, 0.25) is 17.7 Å². The first-order chi connectivity index (χ1) is 15.2. The van der Waals surface area contributed by atoms with E-state index in [1.165, 1.54) is 12.5 Å². The molecule has 0 saturated heterocycles. The standard InChI is InChI=1S/C18H31N7O6S/c19-4-2-1-3-12(16(28)25-14(7-26)18(30)31)23-17(29)13(5-10-6-21-9-22-10)24-15(27)11(20)8-32/h6,9,11-14,26,32H,1-5,7-8,19-20H2,(H,21,22)(H,23,29)(H,24,27)(H,25,28)(H,30,31). The first-order valence-corrected chi connectivity index (χ1v) is 10.6. The van der Waals surface area contributed by atoms with Gasteiger partial charge in [0.15, 0.2) is 0 Å². The predicted molar refractivity (Wildman–Crippen MR) is 118 cm³/mol. The van der Waals surface area contributed by atoms with Crippen LogP contribution >= 0.6 is 12.6 Å². The molecule has 3 amide bonds. The number of thiol groups is 1. The van der Waals surface area contributed by atoms with Crippen molar-refractivity contribution in [3.63, 3.8) is 0 Å². The smallest absolute Gasteiger partial charge is 0.328 e. The van der Waals surface area contributed by atoms with Crippen molar-refractivity contribution in [1.29, 1.82) is 0 Å². The molecule has 1 aromatic rings. The molecule has 0 saturated carbocycles. The Labute approximate surface area is 190 Å². The van der Waals surface area contributed by atoms with Crippen LogP contribution in [0.2, 0.25) is 0 Å². The van der Waals surface area contributed by atoms with Crippen molar-refractivity contribution in [3.8, 4) is 0 Å². The molecule has 0 aliphatic rings. The molecule has 13 nitrogen and oxygen atoms in total. The summed E-state index contributed by atoms with van der Waals surface area (Å²) in [5.41, 5.74) is 11.7. The molecule has 180 valence electrons. The fraction of sp³-hybridized carbons (Fsp3) is 0.611. The number of rotatable bonds is 15. The number of carbonyl (C=O) groups excluding carboxylic acids is 3. The number of hydrogen-bond acceptors (Lipinski definition) is 9. The Hall–Kier alpha value is -2.68. The number of aliphatic hydroxyl groups is 1. The topological polar surface area (TPSA) is 226 Å². The first kappa shape index (κ1) is 27.4. The number of hydrogen-bond donors (Lipinski definition) is 9. The van der Waals surface area contributed by atoms with Gasteiger partial charge in [-0.1, -0.05) is 0 Å². The van der Waals surface area contributed by atoms with Crippen molar-refractivity contribution in [3.05, 3.63) is 18.2 Å². The lowest BCUT2D eigenvalue weighted by Gasteiger charge is -2.24. The molecular weight excluding hydrogens is 442 g/mol. The minimum Gasteiger partial charge on any atom is -0.480 e. The Morgan fingerprint density at radius 2 is 1.69 bits per heavy atom. The number of aromatic nitrogens is 2. The summed E-state index contributed by atoms with van der Waals surface area (Å²) in [5.74, 6) is -3.42. The maximum absolute atomic E-state index is 13.0. The van der Waals surface area contributed by atoms with Crippen LogP contribution in [0, 0.1) is 0 Å². The average molecular weight is 474 g/mol. The third kappa shape index (κ3) is 9.21. The fourth-order valence-electron chi connectivity index (χ4n) is 2.68. The number of imidazole rings is 1. The lowest BCUT2D eigenvalue weighted by molar-refractivity contribution is -0.143. The van der Waals surface area contributed by atoms with Crippen molar-refractivity contribution in [1.82, 2.24) is 25.9 Å². The van der Waals surface area contributed by atoms with E-state index in [0.29, 0.717) is 25.1 Å². The normalized spacial score (nSPS) is 14.6. The fourth-order valence-corrected chi connectivity index (χ4v) is 2.84. The van der Waals surface area contributed by atoms with Gasteiger partial charge in [0.1, 0.15) is 18.1 Å². The van der Waals surface area contributed by atoms with Crippen molar-refractivity contribution in [2.75, 3.05) is 18.9 Å². The summed E-state index contributed by atoms with van der Waals surface area (Å²) in [7, 11) is 0. The van der Waals surface area contributed by atoms with E-state index in [9.17, 15) is 19.2 Å². The SMILES string of the molecule is NCCCCC(NC(=O)C(Cc1cnc[nH]1)NC(=O)C(N)CS)C(=O)NC(CO)C(=O)O. The van der Waals surface area contributed by atoms with E-state index in [0.717, 1.165) is 0 Å². The van der Waals surface area contributed by atoms with Crippen LogP contribution in [0.5, 0.6) is 0 Å². The first-order valence-electron chi connectivity index (χ1n) is 10.0. The Morgan fingerprint density at radius 3 is 2.22 bits per heavy atom. The van der Waals surface area contributed by atoms with Gasteiger partial charge in [-0.15, -0.1) is 0 Å². The highest BCUT2D eigenvalue weighted by Crippen LogP contribution is 2.05. The number of aliphatic hydroxyl groups excluding tert-OH is 1. The lowest BCUT2D eigenvalue weighted by atomic mass is 10.1. The van der Waals surface area contributed by atoms with Gasteiger partial charge in [0.05, 0.1) is 19.0 Å². The van der Waals surface area contributed by atoms with Gasteiger partial charge in [-0.05, 0) is 25.8 Å². The van der Waals surface area contributed by atoms with Gasteiger partial charge >= 0.3 is 5.97 Å². The molecule has 10 N–H and O–H groups in total. The molecule has 1 aromatic heterocycles. The van der Waals surface area contributed by atoms with Gasteiger partial charge in [-0.3, -0.25) is 14.4 Å². The molecular formula is C18H31N7O6S. The third-order valence-corrected chi connectivity index (χ3v) is 4.92. The molecule has 4 atom stereocenters. The van der Waals surface area contributed by atoms with Gasteiger partial charge in [-0.2, -0.15) is 12.6 Å². The van der Waals surface area contributed by atoms with Crippen LogP contribution in [0.15, 0.2) is 12.5 Å². The van der Waals surface area contributed by atoms with Gasteiger partial charge in [0.25, 0.3) is 0 Å². The highest BCUT2D eigenvalue weighted by atomic mass is 32.1. The van der Waals surface area contributed by atoms with E-state index in [-0.39, 0.29) is 18.6 Å².